The Hall–Kier alpha value is -3.33. The fourth-order valence-electron chi connectivity index (χ4n) is 4.52. The summed E-state index contributed by atoms with van der Waals surface area (Å²) in [6.45, 7) is 13.3. The minimum Gasteiger partial charge on any atom is -0.464 e. The Morgan fingerprint density at radius 1 is 1.00 bits per heavy atom. The molecule has 2 aromatic rings. The number of nitrogens with zero attached hydrogens (tertiary/aromatic N) is 3. The molecule has 1 aliphatic rings. The van der Waals surface area contributed by atoms with Crippen LogP contribution >= 0.6 is 0 Å². The van der Waals surface area contributed by atoms with Gasteiger partial charge in [-0.3, -0.25) is 9.69 Å². The van der Waals surface area contributed by atoms with Gasteiger partial charge in [0.1, 0.15) is 17.5 Å². The van der Waals surface area contributed by atoms with Gasteiger partial charge in [-0.25, -0.2) is 19.6 Å². The van der Waals surface area contributed by atoms with Crippen LogP contribution < -0.4 is 0 Å². The number of carbonyl (C=O) groups is 3. The molecule has 0 amide bonds. The third-order valence-corrected chi connectivity index (χ3v) is 5.96. The maximum atomic E-state index is 12.9. The number of hydrogen-bond acceptors (Lipinski definition) is 9. The third kappa shape index (κ3) is 7.35. The Balaban J connectivity index is 1.94. The number of benzene rings is 1. The maximum Gasteiger partial charge on any atom is 0.356 e. The summed E-state index contributed by atoms with van der Waals surface area (Å²) in [5, 5.41) is 0. The first-order valence-electron chi connectivity index (χ1n) is 12.4. The highest BCUT2D eigenvalue weighted by atomic mass is 16.6. The Kier molecular flexibility index (Phi) is 8.37. The molecule has 0 fully saturated rings. The van der Waals surface area contributed by atoms with E-state index in [-0.39, 0.29) is 30.2 Å². The second kappa shape index (κ2) is 11.0. The lowest BCUT2D eigenvalue weighted by Crippen LogP contribution is -2.36. The first-order chi connectivity index (χ1) is 17.2. The molecule has 1 aliphatic carbocycles. The van der Waals surface area contributed by atoms with E-state index in [4.69, 9.17) is 14.2 Å². The van der Waals surface area contributed by atoms with Crippen LogP contribution in [-0.2, 0) is 32.0 Å². The Bertz CT molecular complexity index is 1180. The fraction of sp³-hybridized carbons (Fsp3) is 0.536. The van der Waals surface area contributed by atoms with Crippen molar-refractivity contribution in [2.45, 2.75) is 85.1 Å². The number of ether oxygens (including phenoxy) is 3. The molecule has 0 radical (unpaired) electrons. The third-order valence-electron chi connectivity index (χ3n) is 5.96. The molecule has 37 heavy (non-hydrogen) atoms. The molecular weight excluding hydrogens is 474 g/mol. The van der Waals surface area contributed by atoms with Gasteiger partial charge >= 0.3 is 17.9 Å². The number of esters is 3. The van der Waals surface area contributed by atoms with Crippen molar-refractivity contribution >= 4 is 17.9 Å². The van der Waals surface area contributed by atoms with E-state index in [1.807, 2.05) is 59.4 Å². The highest BCUT2D eigenvalue weighted by Crippen LogP contribution is 2.39. The number of rotatable bonds is 7. The summed E-state index contributed by atoms with van der Waals surface area (Å²) in [6, 6.07) is 5.21. The normalized spacial score (nSPS) is 15.3. The van der Waals surface area contributed by atoms with E-state index >= 15 is 0 Å². The summed E-state index contributed by atoms with van der Waals surface area (Å²) < 4.78 is 16.0. The summed E-state index contributed by atoms with van der Waals surface area (Å²) in [5.41, 5.74) is 3.09. The van der Waals surface area contributed by atoms with Gasteiger partial charge in [0.25, 0.3) is 0 Å². The van der Waals surface area contributed by atoms with Crippen molar-refractivity contribution in [2.75, 3.05) is 13.7 Å². The van der Waals surface area contributed by atoms with Gasteiger partial charge in [-0.05, 0) is 90.1 Å². The molecule has 1 heterocycles. The highest BCUT2D eigenvalue weighted by molar-refractivity contribution is 5.92. The zero-order chi connectivity index (χ0) is 27.5. The van der Waals surface area contributed by atoms with Gasteiger partial charge in [-0.15, -0.1) is 0 Å². The molecule has 0 aliphatic heterocycles. The van der Waals surface area contributed by atoms with Crippen molar-refractivity contribution in [1.82, 2.24) is 14.9 Å². The summed E-state index contributed by atoms with van der Waals surface area (Å²) in [6.07, 6.45) is 2.82. The van der Waals surface area contributed by atoms with Crippen LogP contribution in [0.2, 0.25) is 0 Å². The first-order valence-corrected chi connectivity index (χ1v) is 12.4. The second-order valence-corrected chi connectivity index (χ2v) is 11.2. The van der Waals surface area contributed by atoms with Crippen LogP contribution in [0.4, 0.5) is 0 Å². The minimum atomic E-state index is -0.623. The van der Waals surface area contributed by atoms with Crippen LogP contribution in [0.1, 0.15) is 97.2 Å². The minimum absolute atomic E-state index is 0.0335. The predicted molar refractivity (Wildman–Crippen MR) is 137 cm³/mol. The lowest BCUT2D eigenvalue weighted by atomic mass is 9.97. The molecule has 9 heteroatoms. The van der Waals surface area contributed by atoms with Crippen molar-refractivity contribution in [1.29, 1.82) is 0 Å². The van der Waals surface area contributed by atoms with E-state index in [1.165, 1.54) is 13.4 Å². The van der Waals surface area contributed by atoms with E-state index in [9.17, 15) is 14.4 Å². The Labute approximate surface area is 218 Å². The molecule has 1 unspecified atom stereocenters. The standard InChI is InChI=1S/C28H37N3O6/c1-17-19-11-12-23(21(19)10-9-20(17)25(33)37-28(5,6)7)31(15-24(32)36-27(2,3)4)14-18-13-22(26(34)35-8)30-16-29-18/h9-10,13,16,23H,11-12,14-15H2,1-8H3. The van der Waals surface area contributed by atoms with E-state index in [2.05, 4.69) is 9.97 Å². The van der Waals surface area contributed by atoms with Crippen LogP contribution in [0.3, 0.4) is 0 Å². The summed E-state index contributed by atoms with van der Waals surface area (Å²) in [7, 11) is 1.29. The molecule has 0 N–H and O–H groups in total. The average molecular weight is 512 g/mol. The topological polar surface area (TPSA) is 108 Å². The van der Waals surface area contributed by atoms with Crippen molar-refractivity contribution in [3.8, 4) is 0 Å². The molecule has 0 bridgehead atoms. The number of fused-ring (bicyclic) bond motifs is 1. The molecule has 1 aromatic heterocycles. The zero-order valence-corrected chi connectivity index (χ0v) is 23.0. The predicted octanol–water partition coefficient (Wildman–Crippen LogP) is 4.36. The van der Waals surface area contributed by atoms with Crippen molar-refractivity contribution < 1.29 is 28.6 Å². The van der Waals surface area contributed by atoms with E-state index < -0.39 is 17.2 Å². The molecule has 0 saturated heterocycles. The molecule has 9 nitrogen and oxygen atoms in total. The van der Waals surface area contributed by atoms with Gasteiger partial charge < -0.3 is 14.2 Å². The zero-order valence-electron chi connectivity index (χ0n) is 23.0. The van der Waals surface area contributed by atoms with Crippen molar-refractivity contribution in [3.63, 3.8) is 0 Å². The number of aromatic nitrogens is 2. The molecule has 0 spiro atoms. The van der Waals surface area contributed by atoms with Gasteiger partial charge in [0.2, 0.25) is 0 Å². The van der Waals surface area contributed by atoms with Crippen LogP contribution in [0.25, 0.3) is 0 Å². The van der Waals surface area contributed by atoms with Crippen molar-refractivity contribution in [3.05, 3.63) is 58.2 Å². The van der Waals surface area contributed by atoms with Crippen LogP contribution in [0.15, 0.2) is 24.5 Å². The molecule has 3 rings (SSSR count). The van der Waals surface area contributed by atoms with Crippen LogP contribution in [0.5, 0.6) is 0 Å². The second-order valence-electron chi connectivity index (χ2n) is 11.2. The van der Waals surface area contributed by atoms with Crippen LogP contribution in [0, 0.1) is 6.92 Å². The van der Waals surface area contributed by atoms with Gasteiger partial charge in [-0.2, -0.15) is 0 Å². The summed E-state index contributed by atoms with van der Waals surface area (Å²) in [5.74, 6) is -1.26. The lowest BCUT2D eigenvalue weighted by molar-refractivity contribution is -0.157. The highest BCUT2D eigenvalue weighted by Gasteiger charge is 2.33. The maximum absolute atomic E-state index is 12.9. The molecular formula is C28H37N3O6. The van der Waals surface area contributed by atoms with Gasteiger partial charge in [0.15, 0.2) is 5.69 Å². The van der Waals surface area contributed by atoms with Crippen molar-refractivity contribution in [2.24, 2.45) is 0 Å². The molecule has 0 saturated carbocycles. The van der Waals surface area contributed by atoms with E-state index in [1.54, 1.807) is 12.1 Å². The van der Waals surface area contributed by atoms with E-state index in [0.717, 1.165) is 29.5 Å². The lowest BCUT2D eigenvalue weighted by Gasteiger charge is -2.30. The van der Waals surface area contributed by atoms with Gasteiger partial charge in [-0.1, -0.05) is 6.07 Å². The summed E-state index contributed by atoms with van der Waals surface area (Å²) in [4.78, 5) is 47.9. The smallest absolute Gasteiger partial charge is 0.356 e. The SMILES string of the molecule is COC(=O)c1cc(CN(CC(=O)OC(C)(C)C)C2CCc3c2ccc(C(=O)OC(C)(C)C)c3C)ncn1. The number of hydrogen-bond donors (Lipinski definition) is 0. The van der Waals surface area contributed by atoms with Gasteiger partial charge in [0, 0.05) is 12.6 Å². The Morgan fingerprint density at radius 3 is 2.30 bits per heavy atom. The Morgan fingerprint density at radius 2 is 1.68 bits per heavy atom. The average Bonchev–Trinajstić information content (AvgIpc) is 3.21. The largest absolute Gasteiger partial charge is 0.464 e. The number of methoxy groups -OCH3 is 1. The molecule has 200 valence electrons. The monoisotopic (exact) mass is 511 g/mol. The van der Waals surface area contributed by atoms with E-state index in [0.29, 0.717) is 17.8 Å². The number of carbonyl (C=O) groups excluding carboxylic acids is 3. The van der Waals surface area contributed by atoms with Gasteiger partial charge in [0.05, 0.1) is 24.9 Å². The molecule has 1 aromatic carbocycles. The van der Waals surface area contributed by atoms with Crippen LogP contribution in [-0.4, -0.2) is 57.6 Å². The first kappa shape index (κ1) is 28.2. The summed E-state index contributed by atoms with van der Waals surface area (Å²) >= 11 is 0. The quantitative estimate of drug-likeness (QED) is 0.396. The fourth-order valence-corrected chi connectivity index (χ4v) is 4.52. The molecule has 1 atom stereocenters.